The second-order valence-electron chi connectivity index (χ2n) is 8.55. The third-order valence-electron chi connectivity index (χ3n) is 6.53. The van der Waals surface area contributed by atoms with Crippen molar-refractivity contribution in [1.82, 2.24) is 24.7 Å². The number of hydrogen-bond donors (Lipinski definition) is 3. The maximum Gasteiger partial charge on any atom is 0.278 e. The highest BCUT2D eigenvalue weighted by Crippen LogP contribution is 2.54. The molecule has 0 amide bonds. The van der Waals surface area contributed by atoms with Gasteiger partial charge in [-0.15, -0.1) is 0 Å². The van der Waals surface area contributed by atoms with Gasteiger partial charge in [0.25, 0.3) is 5.92 Å². The van der Waals surface area contributed by atoms with E-state index in [0.717, 1.165) is 6.20 Å². The van der Waals surface area contributed by atoms with Crippen molar-refractivity contribution >= 4 is 22.7 Å². The minimum absolute atomic E-state index is 0.0130. The monoisotopic (exact) mass is 471 g/mol. The van der Waals surface area contributed by atoms with Gasteiger partial charge in [0.05, 0.1) is 30.2 Å². The fourth-order valence-electron chi connectivity index (χ4n) is 4.56. The number of alkyl halides is 2. The van der Waals surface area contributed by atoms with Gasteiger partial charge in [0.15, 0.2) is 11.5 Å². The molecule has 2 aliphatic heterocycles. The molecule has 8 nitrogen and oxygen atoms in total. The first-order valence-corrected chi connectivity index (χ1v) is 10.4. The third kappa shape index (κ3) is 2.74. The molecule has 3 N–H and O–H groups in total. The largest absolute Gasteiger partial charge is 0.373 e. The number of aliphatic hydroxyl groups is 1. The lowest BCUT2D eigenvalue weighted by Gasteiger charge is -2.40. The smallest absolute Gasteiger partial charge is 0.278 e. The first-order chi connectivity index (χ1) is 16.2. The second kappa shape index (κ2) is 6.86. The Balaban J connectivity index is 1.53. The van der Waals surface area contributed by atoms with Crippen molar-refractivity contribution in [1.29, 1.82) is 0 Å². The van der Waals surface area contributed by atoms with Gasteiger partial charge in [-0.3, -0.25) is 0 Å². The van der Waals surface area contributed by atoms with Crippen LogP contribution in [-0.2, 0) is 12.0 Å². The molecule has 174 valence electrons. The summed E-state index contributed by atoms with van der Waals surface area (Å²) in [5, 5.41) is 20.4. The van der Waals surface area contributed by atoms with Crippen LogP contribution in [0.4, 0.5) is 29.2 Å². The third-order valence-corrected chi connectivity index (χ3v) is 6.53. The number of aromatic nitrogens is 5. The van der Waals surface area contributed by atoms with Gasteiger partial charge in [0, 0.05) is 5.56 Å². The van der Waals surface area contributed by atoms with Crippen molar-refractivity contribution in [2.45, 2.75) is 31.0 Å². The van der Waals surface area contributed by atoms with Crippen molar-refractivity contribution in [2.75, 3.05) is 17.2 Å². The van der Waals surface area contributed by atoms with Gasteiger partial charge in [-0.05, 0) is 19.1 Å². The van der Waals surface area contributed by atoms with E-state index in [2.05, 4.69) is 30.7 Å². The molecule has 3 aromatic heterocycles. The normalized spacial score (nSPS) is 22.4. The fraction of sp³-hybridized carbons (Fsp3) is 0.273. The number of pyridine rings is 1. The number of fused-ring (bicyclic) bond motifs is 1. The van der Waals surface area contributed by atoms with Crippen LogP contribution in [0.25, 0.3) is 22.6 Å². The molecule has 6 rings (SSSR count). The van der Waals surface area contributed by atoms with Crippen LogP contribution in [0.1, 0.15) is 18.1 Å². The predicted molar refractivity (Wildman–Crippen MR) is 114 cm³/mol. The predicted octanol–water partition coefficient (Wildman–Crippen LogP) is 3.28. The number of anilines is 2. The van der Waals surface area contributed by atoms with E-state index in [1.165, 1.54) is 23.7 Å². The van der Waals surface area contributed by atoms with Crippen LogP contribution in [0.15, 0.2) is 36.5 Å². The lowest BCUT2D eigenvalue weighted by Crippen LogP contribution is -2.56. The SMILES string of the molecule is C[C@]12c3c(nc(-c4nn(Cc5ccccc5F)c5ncc(F)cc45)nc3NC1O)NCC2(F)F. The van der Waals surface area contributed by atoms with E-state index in [-0.39, 0.29) is 46.3 Å². The van der Waals surface area contributed by atoms with Gasteiger partial charge in [0.1, 0.15) is 40.6 Å². The summed E-state index contributed by atoms with van der Waals surface area (Å²) in [6, 6.07) is 7.37. The zero-order valence-corrected chi connectivity index (χ0v) is 17.7. The molecule has 4 aromatic rings. The van der Waals surface area contributed by atoms with Crippen LogP contribution in [0.3, 0.4) is 0 Å². The molecule has 0 fully saturated rings. The summed E-state index contributed by atoms with van der Waals surface area (Å²) >= 11 is 0. The number of benzene rings is 1. The molecule has 34 heavy (non-hydrogen) atoms. The molecular weight excluding hydrogens is 454 g/mol. The highest BCUT2D eigenvalue weighted by molar-refractivity contribution is 5.90. The maximum absolute atomic E-state index is 14.7. The lowest BCUT2D eigenvalue weighted by molar-refractivity contribution is -0.101. The highest BCUT2D eigenvalue weighted by Gasteiger charge is 2.63. The Morgan fingerprint density at radius 3 is 2.74 bits per heavy atom. The first-order valence-electron chi connectivity index (χ1n) is 10.4. The Morgan fingerprint density at radius 2 is 1.94 bits per heavy atom. The minimum Gasteiger partial charge on any atom is -0.373 e. The number of aliphatic hydroxyl groups excluding tert-OH is 1. The summed E-state index contributed by atoms with van der Waals surface area (Å²) in [6.45, 7) is 0.532. The zero-order valence-electron chi connectivity index (χ0n) is 17.7. The Kier molecular flexibility index (Phi) is 4.19. The van der Waals surface area contributed by atoms with Crippen molar-refractivity contribution in [3.05, 3.63) is 59.3 Å². The topological polar surface area (TPSA) is 101 Å². The average molecular weight is 471 g/mol. The molecule has 5 heterocycles. The van der Waals surface area contributed by atoms with Crippen molar-refractivity contribution < 1.29 is 22.7 Å². The standard InChI is InChI=1S/C22H17F4N7O/c1-21-14-16(28-9-22(21,25)26)29-18(30-17(14)31-20(21)34)15-12-6-11(23)7-27-19(12)33(32-15)8-10-4-2-3-5-13(10)24/h2-7,20,34H,8-9H2,1H3,(H2,28,29,30,31)/t20?,21-/m0/s1. The zero-order chi connectivity index (χ0) is 23.8. The molecule has 0 aliphatic carbocycles. The van der Waals surface area contributed by atoms with Gasteiger partial charge >= 0.3 is 0 Å². The number of hydrogen-bond acceptors (Lipinski definition) is 7. The highest BCUT2D eigenvalue weighted by atomic mass is 19.3. The van der Waals surface area contributed by atoms with E-state index < -0.39 is 35.7 Å². The minimum atomic E-state index is -3.26. The molecular formula is C22H17F4N7O. The van der Waals surface area contributed by atoms with Gasteiger partial charge in [-0.25, -0.2) is 37.2 Å². The summed E-state index contributed by atoms with van der Waals surface area (Å²) in [5.74, 6) is -4.15. The summed E-state index contributed by atoms with van der Waals surface area (Å²) in [5.41, 5.74) is -1.10. The molecule has 2 atom stereocenters. The summed E-state index contributed by atoms with van der Waals surface area (Å²) < 4.78 is 59.2. The second-order valence-corrected chi connectivity index (χ2v) is 8.55. The molecule has 0 bridgehead atoms. The fourth-order valence-corrected chi connectivity index (χ4v) is 4.56. The van der Waals surface area contributed by atoms with Crippen molar-refractivity contribution in [3.63, 3.8) is 0 Å². The number of halogens is 4. The van der Waals surface area contributed by atoms with Gasteiger partial charge in [-0.2, -0.15) is 5.10 Å². The van der Waals surface area contributed by atoms with E-state index >= 15 is 0 Å². The van der Waals surface area contributed by atoms with E-state index in [1.807, 2.05) is 0 Å². The molecule has 12 heteroatoms. The number of rotatable bonds is 3. The Morgan fingerprint density at radius 1 is 1.18 bits per heavy atom. The quantitative estimate of drug-likeness (QED) is 0.395. The summed E-state index contributed by atoms with van der Waals surface area (Å²) in [4.78, 5) is 12.8. The van der Waals surface area contributed by atoms with E-state index in [1.54, 1.807) is 18.2 Å². The lowest BCUT2D eigenvalue weighted by atomic mass is 9.75. The molecule has 0 saturated carbocycles. The molecule has 0 saturated heterocycles. The van der Waals surface area contributed by atoms with Crippen LogP contribution in [-0.4, -0.2) is 48.5 Å². The van der Waals surface area contributed by atoms with Crippen molar-refractivity contribution in [3.8, 4) is 11.5 Å². The van der Waals surface area contributed by atoms with Gasteiger partial charge in [-0.1, -0.05) is 18.2 Å². The van der Waals surface area contributed by atoms with Crippen LogP contribution in [0.2, 0.25) is 0 Å². The molecule has 0 radical (unpaired) electrons. The van der Waals surface area contributed by atoms with E-state index in [4.69, 9.17) is 0 Å². The van der Waals surface area contributed by atoms with E-state index in [9.17, 15) is 22.7 Å². The van der Waals surface area contributed by atoms with Crippen molar-refractivity contribution in [2.24, 2.45) is 0 Å². The van der Waals surface area contributed by atoms with Gasteiger partial charge in [0.2, 0.25) is 0 Å². The Hall–Kier alpha value is -3.80. The van der Waals surface area contributed by atoms with E-state index in [0.29, 0.717) is 5.56 Å². The van der Waals surface area contributed by atoms with Crippen LogP contribution < -0.4 is 10.6 Å². The molecule has 1 unspecified atom stereocenters. The first kappa shape index (κ1) is 20.8. The van der Waals surface area contributed by atoms with Crippen LogP contribution in [0.5, 0.6) is 0 Å². The maximum atomic E-state index is 14.7. The average Bonchev–Trinajstić information content (AvgIpc) is 3.28. The Labute approximate surface area is 189 Å². The number of nitrogens with zero attached hydrogens (tertiary/aromatic N) is 5. The van der Waals surface area contributed by atoms with Crippen LogP contribution in [0, 0.1) is 11.6 Å². The number of nitrogens with one attached hydrogen (secondary N) is 2. The Bertz CT molecular complexity index is 1470. The van der Waals surface area contributed by atoms with Gasteiger partial charge < -0.3 is 15.7 Å². The molecule has 1 aromatic carbocycles. The molecule has 0 spiro atoms. The summed E-state index contributed by atoms with van der Waals surface area (Å²) in [6.07, 6.45) is -0.566. The summed E-state index contributed by atoms with van der Waals surface area (Å²) in [7, 11) is 0. The molecule has 2 aliphatic rings. The van der Waals surface area contributed by atoms with Crippen LogP contribution >= 0.6 is 0 Å².